The Balaban J connectivity index is 1.32. The van der Waals surface area contributed by atoms with Crippen molar-refractivity contribution < 1.29 is 23.4 Å². The summed E-state index contributed by atoms with van der Waals surface area (Å²) in [6, 6.07) is 28.3. The molecule has 1 aliphatic rings. The minimum atomic E-state index is -0.537. The average molecular weight is 533 g/mol. The normalized spacial score (nSPS) is 14.3. The summed E-state index contributed by atoms with van der Waals surface area (Å²) in [5, 5.41) is 9.85. The Hall–Kier alpha value is -5.35. The number of nitrogens with zero attached hydrogens (tertiary/aromatic N) is 1. The van der Waals surface area contributed by atoms with Crippen LogP contribution in [0.3, 0.4) is 0 Å². The van der Waals surface area contributed by atoms with Crippen LogP contribution >= 0.6 is 0 Å². The van der Waals surface area contributed by atoms with Gasteiger partial charge in [0.15, 0.2) is 0 Å². The number of ether oxygens (including phenoxy) is 3. The van der Waals surface area contributed by atoms with E-state index >= 15 is 0 Å². The van der Waals surface area contributed by atoms with E-state index in [1.54, 1.807) is 48.5 Å². The van der Waals surface area contributed by atoms with Crippen LogP contribution in [0.5, 0.6) is 17.2 Å². The number of benzene rings is 4. The van der Waals surface area contributed by atoms with Crippen molar-refractivity contribution in [2.45, 2.75) is 19.4 Å². The summed E-state index contributed by atoms with van der Waals surface area (Å²) in [6.45, 7) is 2.28. The minimum absolute atomic E-state index is 0.0145. The van der Waals surface area contributed by atoms with Gasteiger partial charge in [0, 0.05) is 17.7 Å². The summed E-state index contributed by atoms with van der Waals surface area (Å²) < 4.78 is 30.2. The highest BCUT2D eigenvalue weighted by Crippen LogP contribution is 2.43. The second kappa shape index (κ2) is 11.6. The molecule has 1 heterocycles. The first-order valence-corrected chi connectivity index (χ1v) is 12.5. The second-order valence-corrected chi connectivity index (χ2v) is 9.27. The Morgan fingerprint density at radius 2 is 1.70 bits per heavy atom. The molecular weight excluding hydrogens is 507 g/mol. The number of fused-ring (bicyclic) bond motifs is 1. The molecule has 5 rings (SSSR count). The zero-order valence-corrected chi connectivity index (χ0v) is 21.6. The summed E-state index contributed by atoms with van der Waals surface area (Å²) in [4.78, 5) is 12.4. The zero-order chi connectivity index (χ0) is 28.1. The van der Waals surface area contributed by atoms with Gasteiger partial charge in [0.1, 0.15) is 41.3 Å². The molecule has 0 saturated heterocycles. The van der Waals surface area contributed by atoms with E-state index < -0.39 is 11.9 Å². The monoisotopic (exact) mass is 532 g/mol. The summed E-state index contributed by atoms with van der Waals surface area (Å²) in [7, 11) is 0. The minimum Gasteiger partial charge on any atom is -0.489 e. The molecule has 0 fully saturated rings. The predicted molar refractivity (Wildman–Crippen MR) is 149 cm³/mol. The highest BCUT2D eigenvalue weighted by Gasteiger charge is 2.31. The molecule has 1 unspecified atom stereocenters. The molecule has 0 aliphatic carbocycles. The molecule has 0 amide bonds. The number of halogens is 1. The number of hydrogen-bond acceptors (Lipinski definition) is 6. The number of nitriles is 1. The number of allylic oxidation sites excluding steroid dienone is 1. The predicted octanol–water partition coefficient (Wildman–Crippen LogP) is 6.55. The van der Waals surface area contributed by atoms with Gasteiger partial charge < -0.3 is 19.9 Å². The van der Waals surface area contributed by atoms with E-state index in [1.165, 1.54) is 18.2 Å². The van der Waals surface area contributed by atoms with Crippen LogP contribution in [0.2, 0.25) is 0 Å². The zero-order valence-electron chi connectivity index (χ0n) is 21.6. The van der Waals surface area contributed by atoms with Gasteiger partial charge in [-0.25, -0.2) is 9.18 Å². The quantitative estimate of drug-likeness (QED) is 0.165. The summed E-state index contributed by atoms with van der Waals surface area (Å²) in [6.07, 6.45) is 3.04. The third-order valence-electron chi connectivity index (χ3n) is 6.43. The molecule has 1 atom stereocenters. The molecule has 6 nitrogen and oxygen atoms in total. The smallest absolute Gasteiger partial charge is 0.336 e. The van der Waals surface area contributed by atoms with Crippen LogP contribution in [0.1, 0.15) is 33.7 Å². The largest absolute Gasteiger partial charge is 0.489 e. The van der Waals surface area contributed by atoms with E-state index in [2.05, 4.69) is 6.07 Å². The van der Waals surface area contributed by atoms with E-state index in [0.29, 0.717) is 17.1 Å². The maximum atomic E-state index is 13.1. The van der Waals surface area contributed by atoms with Gasteiger partial charge in [-0.05, 0) is 60.0 Å². The Morgan fingerprint density at radius 3 is 2.40 bits per heavy atom. The Morgan fingerprint density at radius 1 is 1.00 bits per heavy atom. The molecule has 40 heavy (non-hydrogen) atoms. The number of rotatable bonds is 7. The Kier molecular flexibility index (Phi) is 7.61. The Bertz CT molecular complexity index is 1630. The standard InChI is InChI=1S/C33H25FN2O4/c1-21-2-4-22(5-3-21)8-17-31(37)39-27-15-16-28-30(18-27)40-33(36)29(19-35)32(28)24-9-13-26(14-10-24)38-20-23-6-11-25(34)12-7-23/h2-18,32H,20,36H2,1H3/b17-8+. The molecule has 7 heteroatoms. The van der Waals surface area contributed by atoms with E-state index in [0.717, 1.165) is 22.3 Å². The molecular formula is C33H25FN2O4. The van der Waals surface area contributed by atoms with Gasteiger partial charge in [-0.1, -0.05) is 60.2 Å². The topological polar surface area (TPSA) is 94.6 Å². The molecule has 0 bridgehead atoms. The van der Waals surface area contributed by atoms with E-state index in [-0.39, 0.29) is 29.6 Å². The van der Waals surface area contributed by atoms with Gasteiger partial charge in [0.2, 0.25) is 5.88 Å². The first-order valence-electron chi connectivity index (χ1n) is 12.5. The van der Waals surface area contributed by atoms with Crippen LogP contribution in [0, 0.1) is 24.1 Å². The first kappa shape index (κ1) is 26.3. The Labute approximate surface area is 231 Å². The molecule has 1 aliphatic heterocycles. The van der Waals surface area contributed by atoms with Crippen LogP contribution in [0.4, 0.5) is 4.39 Å². The molecule has 4 aromatic carbocycles. The van der Waals surface area contributed by atoms with Gasteiger partial charge in [0.25, 0.3) is 0 Å². The van der Waals surface area contributed by atoms with Crippen molar-refractivity contribution in [1.82, 2.24) is 0 Å². The van der Waals surface area contributed by atoms with Crippen molar-refractivity contribution in [3.8, 4) is 23.3 Å². The van der Waals surface area contributed by atoms with Crippen LogP contribution in [0.15, 0.2) is 109 Å². The number of carbonyl (C=O) groups excluding carboxylic acids is 1. The van der Waals surface area contributed by atoms with Gasteiger partial charge in [-0.15, -0.1) is 0 Å². The lowest BCUT2D eigenvalue weighted by atomic mass is 9.83. The third kappa shape index (κ3) is 6.03. The fourth-order valence-electron chi connectivity index (χ4n) is 4.34. The van der Waals surface area contributed by atoms with Gasteiger partial charge in [-0.3, -0.25) is 0 Å². The number of carbonyl (C=O) groups is 1. The highest BCUT2D eigenvalue weighted by molar-refractivity contribution is 5.88. The molecule has 0 spiro atoms. The molecule has 2 N–H and O–H groups in total. The van der Waals surface area contributed by atoms with Crippen molar-refractivity contribution >= 4 is 12.0 Å². The van der Waals surface area contributed by atoms with Gasteiger partial charge in [-0.2, -0.15) is 5.26 Å². The fourth-order valence-corrected chi connectivity index (χ4v) is 4.34. The SMILES string of the molecule is Cc1ccc(/C=C/C(=O)Oc2ccc3c(c2)OC(N)=C(C#N)C3c2ccc(OCc3ccc(F)cc3)cc2)cc1. The summed E-state index contributed by atoms with van der Waals surface area (Å²) in [5.41, 5.74) is 10.8. The molecule has 198 valence electrons. The van der Waals surface area contributed by atoms with Crippen LogP contribution in [-0.2, 0) is 11.4 Å². The maximum Gasteiger partial charge on any atom is 0.336 e. The van der Waals surface area contributed by atoms with Crippen LogP contribution in [0.25, 0.3) is 6.08 Å². The highest BCUT2D eigenvalue weighted by atomic mass is 19.1. The van der Waals surface area contributed by atoms with E-state index in [1.807, 2.05) is 43.3 Å². The lowest BCUT2D eigenvalue weighted by molar-refractivity contribution is -0.128. The number of esters is 1. The van der Waals surface area contributed by atoms with Crippen molar-refractivity contribution in [2.24, 2.45) is 5.73 Å². The van der Waals surface area contributed by atoms with Crippen molar-refractivity contribution in [2.75, 3.05) is 0 Å². The van der Waals surface area contributed by atoms with Crippen LogP contribution < -0.4 is 19.9 Å². The number of hydrogen-bond donors (Lipinski definition) is 1. The molecule has 0 saturated carbocycles. The lowest BCUT2D eigenvalue weighted by Crippen LogP contribution is -2.21. The third-order valence-corrected chi connectivity index (χ3v) is 6.43. The van der Waals surface area contributed by atoms with Crippen molar-refractivity contribution in [1.29, 1.82) is 5.26 Å². The maximum absolute atomic E-state index is 13.1. The van der Waals surface area contributed by atoms with Crippen molar-refractivity contribution in [3.63, 3.8) is 0 Å². The van der Waals surface area contributed by atoms with Crippen molar-refractivity contribution in [3.05, 3.63) is 142 Å². The summed E-state index contributed by atoms with van der Waals surface area (Å²) in [5.74, 6) is -0.0296. The summed E-state index contributed by atoms with van der Waals surface area (Å²) >= 11 is 0. The number of nitrogens with two attached hydrogens (primary N) is 1. The van der Waals surface area contributed by atoms with Crippen LogP contribution in [-0.4, -0.2) is 5.97 Å². The van der Waals surface area contributed by atoms with E-state index in [4.69, 9.17) is 19.9 Å². The molecule has 4 aromatic rings. The lowest BCUT2D eigenvalue weighted by Gasteiger charge is -2.26. The first-order chi connectivity index (χ1) is 19.4. The number of aryl methyl sites for hydroxylation is 1. The van der Waals surface area contributed by atoms with E-state index in [9.17, 15) is 14.4 Å². The molecule has 0 radical (unpaired) electrons. The van der Waals surface area contributed by atoms with Gasteiger partial charge >= 0.3 is 5.97 Å². The molecule has 0 aromatic heterocycles. The fraction of sp³-hybridized carbons (Fsp3) is 0.0909. The average Bonchev–Trinajstić information content (AvgIpc) is 2.96. The second-order valence-electron chi connectivity index (χ2n) is 9.27. The van der Waals surface area contributed by atoms with Gasteiger partial charge in [0.05, 0.1) is 5.92 Å².